The van der Waals surface area contributed by atoms with Gasteiger partial charge in [0.1, 0.15) is 5.60 Å². The largest absolute Gasteiger partial charge is 0.456 e. The molecule has 0 aliphatic heterocycles. The minimum Gasteiger partial charge on any atom is -0.456 e. The summed E-state index contributed by atoms with van der Waals surface area (Å²) in [5.41, 5.74) is 3.37. The number of rotatable bonds is 2. The number of carbonyl (C=O) groups is 1. The molecule has 0 N–H and O–H groups in total. The molecule has 19 heavy (non-hydrogen) atoms. The Labute approximate surface area is 118 Å². The summed E-state index contributed by atoms with van der Waals surface area (Å²) in [6.45, 7) is 7.68. The molecule has 1 aromatic carbocycles. The number of hydrogen-bond acceptors (Lipinski definition) is 3. The van der Waals surface area contributed by atoms with Crippen LogP contribution in [0.5, 0.6) is 0 Å². The summed E-state index contributed by atoms with van der Waals surface area (Å²) in [5, 5.41) is 3.84. The molecule has 0 atom stereocenters. The van der Waals surface area contributed by atoms with E-state index in [0.717, 1.165) is 11.1 Å². The Balaban J connectivity index is 2.32. The molecule has 100 valence electrons. The Bertz CT molecular complexity index is 574. The van der Waals surface area contributed by atoms with E-state index in [0.29, 0.717) is 5.56 Å². The van der Waals surface area contributed by atoms with E-state index in [1.165, 1.54) is 16.9 Å². The second-order valence-electron chi connectivity index (χ2n) is 5.57. The Hall–Kier alpha value is -1.61. The SMILES string of the molecule is Cc1ccc(-c2cscc2C(=O)OC(C)(C)C)cc1. The molecule has 0 unspecified atom stereocenters. The molecule has 0 saturated heterocycles. The minimum atomic E-state index is -0.469. The van der Waals surface area contributed by atoms with Gasteiger partial charge in [0.2, 0.25) is 0 Å². The van der Waals surface area contributed by atoms with Crippen LogP contribution in [0.2, 0.25) is 0 Å². The van der Waals surface area contributed by atoms with Gasteiger partial charge < -0.3 is 4.74 Å². The van der Waals surface area contributed by atoms with E-state index < -0.39 is 5.60 Å². The second kappa shape index (κ2) is 5.17. The monoisotopic (exact) mass is 274 g/mol. The quantitative estimate of drug-likeness (QED) is 0.743. The standard InChI is InChI=1S/C16H18O2S/c1-11-5-7-12(8-6-11)13-9-19-10-14(13)15(17)18-16(2,3)4/h5-10H,1-4H3. The van der Waals surface area contributed by atoms with Crippen molar-refractivity contribution in [1.29, 1.82) is 0 Å². The molecule has 0 aliphatic carbocycles. The fourth-order valence-corrected chi connectivity index (χ4v) is 2.57. The van der Waals surface area contributed by atoms with Crippen molar-refractivity contribution in [3.63, 3.8) is 0 Å². The van der Waals surface area contributed by atoms with Crippen molar-refractivity contribution in [3.05, 3.63) is 46.2 Å². The Kier molecular flexibility index (Phi) is 3.76. The van der Waals surface area contributed by atoms with Gasteiger partial charge in [0.05, 0.1) is 5.56 Å². The zero-order valence-corrected chi connectivity index (χ0v) is 12.5. The highest BCUT2D eigenvalue weighted by Crippen LogP contribution is 2.29. The van der Waals surface area contributed by atoms with Crippen molar-refractivity contribution in [3.8, 4) is 11.1 Å². The molecule has 1 aromatic heterocycles. The van der Waals surface area contributed by atoms with E-state index in [1.54, 1.807) is 0 Å². The van der Waals surface area contributed by atoms with Gasteiger partial charge in [-0.3, -0.25) is 0 Å². The summed E-state index contributed by atoms with van der Waals surface area (Å²) in [7, 11) is 0. The summed E-state index contributed by atoms with van der Waals surface area (Å²) in [6.07, 6.45) is 0. The third-order valence-electron chi connectivity index (χ3n) is 2.64. The van der Waals surface area contributed by atoms with Crippen LogP contribution in [0.3, 0.4) is 0 Å². The predicted octanol–water partition coefficient (Wildman–Crippen LogP) is 4.68. The molecular weight excluding hydrogens is 256 g/mol. The van der Waals surface area contributed by atoms with Gasteiger partial charge in [-0.15, -0.1) is 0 Å². The molecule has 0 amide bonds. The average molecular weight is 274 g/mol. The summed E-state index contributed by atoms with van der Waals surface area (Å²) in [6, 6.07) is 8.16. The summed E-state index contributed by atoms with van der Waals surface area (Å²) in [4.78, 5) is 12.2. The zero-order chi connectivity index (χ0) is 14.0. The van der Waals surface area contributed by atoms with Crippen LogP contribution in [0.25, 0.3) is 11.1 Å². The topological polar surface area (TPSA) is 26.3 Å². The predicted molar refractivity (Wildman–Crippen MR) is 79.7 cm³/mol. The number of carbonyl (C=O) groups excluding carboxylic acids is 1. The molecule has 0 saturated carbocycles. The molecule has 2 rings (SSSR count). The van der Waals surface area contributed by atoms with Crippen LogP contribution >= 0.6 is 11.3 Å². The van der Waals surface area contributed by atoms with Gasteiger partial charge in [0, 0.05) is 10.9 Å². The van der Waals surface area contributed by atoms with Gasteiger partial charge >= 0.3 is 5.97 Å². The molecule has 0 fully saturated rings. The maximum atomic E-state index is 12.2. The number of esters is 1. The third-order valence-corrected chi connectivity index (χ3v) is 3.39. The first-order valence-electron chi connectivity index (χ1n) is 6.23. The number of aryl methyl sites for hydroxylation is 1. The second-order valence-corrected chi connectivity index (χ2v) is 6.31. The van der Waals surface area contributed by atoms with Crippen molar-refractivity contribution in [1.82, 2.24) is 0 Å². The maximum Gasteiger partial charge on any atom is 0.340 e. The molecule has 0 aliphatic rings. The van der Waals surface area contributed by atoms with Crippen LogP contribution in [0, 0.1) is 6.92 Å². The summed E-state index contributed by atoms with van der Waals surface area (Å²) in [5.74, 6) is -0.260. The van der Waals surface area contributed by atoms with E-state index in [2.05, 4.69) is 0 Å². The van der Waals surface area contributed by atoms with Crippen molar-refractivity contribution in [2.45, 2.75) is 33.3 Å². The molecule has 0 spiro atoms. The number of thiophene rings is 1. The third kappa shape index (κ3) is 3.44. The van der Waals surface area contributed by atoms with Gasteiger partial charge in [-0.2, -0.15) is 11.3 Å². The first-order valence-corrected chi connectivity index (χ1v) is 7.18. The highest BCUT2D eigenvalue weighted by atomic mass is 32.1. The maximum absolute atomic E-state index is 12.2. The molecule has 0 bridgehead atoms. The average Bonchev–Trinajstić information content (AvgIpc) is 2.76. The van der Waals surface area contributed by atoms with Crippen molar-refractivity contribution in [2.24, 2.45) is 0 Å². The normalized spacial score (nSPS) is 11.4. The Morgan fingerprint density at radius 2 is 1.74 bits per heavy atom. The van der Waals surface area contributed by atoms with Crippen LogP contribution in [0.15, 0.2) is 35.0 Å². The number of ether oxygens (including phenoxy) is 1. The van der Waals surface area contributed by atoms with Gasteiger partial charge in [-0.05, 0) is 38.6 Å². The van der Waals surface area contributed by atoms with Crippen LogP contribution in [-0.4, -0.2) is 11.6 Å². The minimum absolute atomic E-state index is 0.260. The molecule has 2 aromatic rings. The van der Waals surface area contributed by atoms with Crippen LogP contribution in [-0.2, 0) is 4.74 Å². The van der Waals surface area contributed by atoms with Gasteiger partial charge in [0.25, 0.3) is 0 Å². The molecule has 0 radical (unpaired) electrons. The van der Waals surface area contributed by atoms with Crippen LogP contribution in [0.4, 0.5) is 0 Å². The highest BCUT2D eigenvalue weighted by molar-refractivity contribution is 7.08. The Morgan fingerprint density at radius 3 is 2.32 bits per heavy atom. The van der Waals surface area contributed by atoms with Crippen LogP contribution < -0.4 is 0 Å². The van der Waals surface area contributed by atoms with E-state index in [9.17, 15) is 4.79 Å². The summed E-state index contributed by atoms with van der Waals surface area (Å²) >= 11 is 1.52. The molecular formula is C16H18O2S. The first kappa shape index (κ1) is 13.8. The number of hydrogen-bond donors (Lipinski definition) is 0. The lowest BCUT2D eigenvalue weighted by atomic mass is 10.0. The summed E-state index contributed by atoms with van der Waals surface area (Å²) < 4.78 is 5.44. The highest BCUT2D eigenvalue weighted by Gasteiger charge is 2.21. The smallest absolute Gasteiger partial charge is 0.340 e. The van der Waals surface area contributed by atoms with Gasteiger partial charge in [-0.1, -0.05) is 29.8 Å². The van der Waals surface area contributed by atoms with E-state index in [4.69, 9.17) is 4.74 Å². The van der Waals surface area contributed by atoms with Gasteiger partial charge in [0.15, 0.2) is 0 Å². The zero-order valence-electron chi connectivity index (χ0n) is 11.7. The lowest BCUT2D eigenvalue weighted by molar-refractivity contribution is 0.00711. The lowest BCUT2D eigenvalue weighted by Gasteiger charge is -2.19. The lowest BCUT2D eigenvalue weighted by Crippen LogP contribution is -2.23. The van der Waals surface area contributed by atoms with Crippen LogP contribution in [0.1, 0.15) is 36.7 Å². The molecule has 2 nitrogen and oxygen atoms in total. The number of benzene rings is 1. The fraction of sp³-hybridized carbons (Fsp3) is 0.312. The van der Waals surface area contributed by atoms with Crippen molar-refractivity contribution < 1.29 is 9.53 Å². The van der Waals surface area contributed by atoms with E-state index in [-0.39, 0.29) is 5.97 Å². The van der Waals surface area contributed by atoms with Crippen molar-refractivity contribution >= 4 is 17.3 Å². The molecule has 3 heteroatoms. The Morgan fingerprint density at radius 1 is 1.11 bits per heavy atom. The van der Waals surface area contributed by atoms with E-state index in [1.807, 2.05) is 62.7 Å². The first-order chi connectivity index (χ1) is 8.87. The molecule has 1 heterocycles. The van der Waals surface area contributed by atoms with E-state index >= 15 is 0 Å². The fourth-order valence-electron chi connectivity index (χ4n) is 1.74. The van der Waals surface area contributed by atoms with Crippen molar-refractivity contribution in [2.75, 3.05) is 0 Å². The van der Waals surface area contributed by atoms with Gasteiger partial charge in [-0.25, -0.2) is 4.79 Å².